The Bertz CT molecular complexity index is 232. The summed E-state index contributed by atoms with van der Waals surface area (Å²) in [6.45, 7) is 1.36. The summed E-state index contributed by atoms with van der Waals surface area (Å²) in [4.78, 5) is 22.0. The Hall–Kier alpha value is -0.900. The first-order valence-corrected chi connectivity index (χ1v) is 4.99. The molecule has 80 valence electrons. The Morgan fingerprint density at radius 1 is 1.36 bits per heavy atom. The zero-order valence-corrected chi connectivity index (χ0v) is 8.51. The Kier molecular flexibility index (Phi) is 3.63. The second kappa shape index (κ2) is 4.55. The molecule has 1 rings (SSSR count). The molecule has 0 atom stereocenters. The van der Waals surface area contributed by atoms with Gasteiger partial charge in [-0.2, -0.15) is 0 Å². The first-order valence-electron chi connectivity index (χ1n) is 4.99. The van der Waals surface area contributed by atoms with Crippen molar-refractivity contribution < 1.29 is 14.7 Å². The van der Waals surface area contributed by atoms with Crippen molar-refractivity contribution in [3.05, 3.63) is 0 Å². The Balaban J connectivity index is 2.47. The largest absolute Gasteiger partial charge is 0.394 e. The van der Waals surface area contributed by atoms with E-state index in [4.69, 9.17) is 0 Å². The summed E-state index contributed by atoms with van der Waals surface area (Å²) < 4.78 is 0. The van der Waals surface area contributed by atoms with Crippen LogP contribution in [0.25, 0.3) is 0 Å². The van der Waals surface area contributed by atoms with Gasteiger partial charge in [-0.25, -0.2) is 0 Å². The maximum Gasteiger partial charge on any atom is 0.227 e. The second-order valence-electron chi connectivity index (χ2n) is 4.07. The van der Waals surface area contributed by atoms with E-state index in [1.807, 2.05) is 0 Å². The molecule has 1 amide bonds. The van der Waals surface area contributed by atoms with Gasteiger partial charge in [-0.15, -0.1) is 0 Å². The first-order chi connectivity index (χ1) is 6.58. The van der Waals surface area contributed by atoms with Crippen LogP contribution >= 0.6 is 0 Å². The molecule has 1 saturated carbocycles. The van der Waals surface area contributed by atoms with E-state index >= 15 is 0 Å². The van der Waals surface area contributed by atoms with Gasteiger partial charge in [0.15, 0.2) is 0 Å². The van der Waals surface area contributed by atoms with Crippen molar-refractivity contribution in [1.82, 2.24) is 5.32 Å². The maximum atomic E-state index is 11.3. The van der Waals surface area contributed by atoms with Crippen molar-refractivity contribution in [1.29, 1.82) is 0 Å². The SMILES string of the molecule is CC(=O)CC(=O)NC1(CO)CCCC1. The molecular formula is C10H17NO3. The summed E-state index contributed by atoms with van der Waals surface area (Å²) in [5.74, 6) is -0.415. The number of Topliss-reactive ketones (excluding diaryl/α,β-unsaturated/α-hetero) is 1. The molecule has 1 fully saturated rings. The third-order valence-corrected chi connectivity index (χ3v) is 2.68. The van der Waals surface area contributed by atoms with E-state index in [2.05, 4.69) is 5.32 Å². The Morgan fingerprint density at radius 2 is 1.93 bits per heavy atom. The highest BCUT2D eigenvalue weighted by Gasteiger charge is 2.34. The lowest BCUT2D eigenvalue weighted by molar-refractivity contribution is -0.128. The topological polar surface area (TPSA) is 66.4 Å². The fourth-order valence-electron chi connectivity index (χ4n) is 1.94. The average Bonchev–Trinajstić information content (AvgIpc) is 2.52. The summed E-state index contributed by atoms with van der Waals surface area (Å²) in [7, 11) is 0. The smallest absolute Gasteiger partial charge is 0.227 e. The van der Waals surface area contributed by atoms with Gasteiger partial charge in [0.25, 0.3) is 0 Å². The van der Waals surface area contributed by atoms with E-state index in [-0.39, 0.29) is 24.7 Å². The summed E-state index contributed by atoms with van der Waals surface area (Å²) in [6.07, 6.45) is 3.60. The van der Waals surface area contributed by atoms with E-state index < -0.39 is 5.54 Å². The molecule has 14 heavy (non-hydrogen) atoms. The number of ketones is 1. The van der Waals surface area contributed by atoms with Crippen LogP contribution in [0, 0.1) is 0 Å². The van der Waals surface area contributed by atoms with Crippen molar-refractivity contribution >= 4 is 11.7 Å². The molecule has 0 saturated heterocycles. The zero-order valence-electron chi connectivity index (χ0n) is 8.51. The molecule has 0 spiro atoms. The van der Waals surface area contributed by atoms with Crippen molar-refractivity contribution in [3.63, 3.8) is 0 Å². The van der Waals surface area contributed by atoms with Crippen LogP contribution in [0.5, 0.6) is 0 Å². The predicted octanol–water partition coefficient (Wildman–Crippen LogP) is 0.387. The number of aliphatic hydroxyl groups is 1. The minimum Gasteiger partial charge on any atom is -0.394 e. The van der Waals surface area contributed by atoms with Gasteiger partial charge in [-0.3, -0.25) is 9.59 Å². The highest BCUT2D eigenvalue weighted by atomic mass is 16.3. The minimum absolute atomic E-state index is 0.0311. The fraction of sp³-hybridized carbons (Fsp3) is 0.800. The van der Waals surface area contributed by atoms with Crippen LogP contribution in [0.15, 0.2) is 0 Å². The molecule has 2 N–H and O–H groups in total. The van der Waals surface area contributed by atoms with Crippen LogP contribution in [0.4, 0.5) is 0 Å². The van der Waals surface area contributed by atoms with Crippen LogP contribution in [0.1, 0.15) is 39.0 Å². The molecule has 1 aliphatic rings. The average molecular weight is 199 g/mol. The molecule has 0 bridgehead atoms. The van der Waals surface area contributed by atoms with Crippen molar-refractivity contribution in [2.75, 3.05) is 6.61 Å². The number of hydrogen-bond donors (Lipinski definition) is 2. The van der Waals surface area contributed by atoms with Crippen LogP contribution in [0.3, 0.4) is 0 Å². The number of rotatable bonds is 4. The molecule has 1 aliphatic carbocycles. The molecule has 0 aromatic heterocycles. The van der Waals surface area contributed by atoms with Gasteiger partial charge in [-0.05, 0) is 19.8 Å². The number of carbonyl (C=O) groups excluding carboxylic acids is 2. The fourth-order valence-corrected chi connectivity index (χ4v) is 1.94. The van der Waals surface area contributed by atoms with E-state index in [0.717, 1.165) is 25.7 Å². The number of hydrogen-bond acceptors (Lipinski definition) is 3. The van der Waals surface area contributed by atoms with Gasteiger partial charge >= 0.3 is 0 Å². The number of nitrogens with one attached hydrogen (secondary N) is 1. The normalized spacial score (nSPS) is 19.3. The second-order valence-corrected chi connectivity index (χ2v) is 4.07. The van der Waals surface area contributed by atoms with Crippen LogP contribution in [-0.4, -0.2) is 28.9 Å². The van der Waals surface area contributed by atoms with E-state index in [1.165, 1.54) is 6.92 Å². The van der Waals surface area contributed by atoms with Crippen molar-refractivity contribution in [2.45, 2.75) is 44.6 Å². The maximum absolute atomic E-state index is 11.3. The summed E-state index contributed by atoms with van der Waals surface area (Å²) in [5, 5.41) is 12.0. The van der Waals surface area contributed by atoms with Crippen molar-refractivity contribution in [2.24, 2.45) is 0 Å². The van der Waals surface area contributed by atoms with E-state index in [0.29, 0.717) is 0 Å². The summed E-state index contributed by atoms with van der Waals surface area (Å²) in [6, 6.07) is 0. The minimum atomic E-state index is -0.452. The van der Waals surface area contributed by atoms with Gasteiger partial charge in [0.1, 0.15) is 5.78 Å². The highest BCUT2D eigenvalue weighted by molar-refractivity contribution is 5.97. The van der Waals surface area contributed by atoms with Crippen LogP contribution < -0.4 is 5.32 Å². The van der Waals surface area contributed by atoms with Crippen LogP contribution in [-0.2, 0) is 9.59 Å². The standard InChI is InChI=1S/C10H17NO3/c1-8(13)6-9(14)11-10(7-12)4-2-3-5-10/h12H,2-7H2,1H3,(H,11,14). The molecular weight excluding hydrogens is 182 g/mol. The lowest BCUT2D eigenvalue weighted by atomic mass is 9.98. The van der Waals surface area contributed by atoms with Gasteiger partial charge in [-0.1, -0.05) is 12.8 Å². The molecule has 0 heterocycles. The Labute approximate surface area is 83.7 Å². The Morgan fingerprint density at radius 3 is 2.36 bits per heavy atom. The molecule has 4 nitrogen and oxygen atoms in total. The van der Waals surface area contributed by atoms with E-state index in [9.17, 15) is 14.7 Å². The molecule has 0 aromatic rings. The van der Waals surface area contributed by atoms with Crippen LogP contribution in [0.2, 0.25) is 0 Å². The number of aliphatic hydroxyl groups excluding tert-OH is 1. The molecule has 4 heteroatoms. The quantitative estimate of drug-likeness (QED) is 0.643. The molecule has 0 unspecified atom stereocenters. The predicted molar refractivity (Wildman–Crippen MR) is 51.7 cm³/mol. The number of amides is 1. The van der Waals surface area contributed by atoms with Crippen molar-refractivity contribution in [3.8, 4) is 0 Å². The monoisotopic (exact) mass is 199 g/mol. The third kappa shape index (κ3) is 2.80. The lowest BCUT2D eigenvalue weighted by Gasteiger charge is -2.27. The molecule has 0 aromatic carbocycles. The third-order valence-electron chi connectivity index (χ3n) is 2.68. The van der Waals surface area contributed by atoms with Gasteiger partial charge in [0.2, 0.25) is 5.91 Å². The van der Waals surface area contributed by atoms with Gasteiger partial charge < -0.3 is 10.4 Å². The summed E-state index contributed by atoms with van der Waals surface area (Å²) >= 11 is 0. The summed E-state index contributed by atoms with van der Waals surface area (Å²) in [5.41, 5.74) is -0.452. The molecule has 0 aliphatic heterocycles. The number of carbonyl (C=O) groups is 2. The first kappa shape index (κ1) is 11.2. The van der Waals surface area contributed by atoms with Gasteiger partial charge in [0, 0.05) is 0 Å². The van der Waals surface area contributed by atoms with Gasteiger partial charge in [0.05, 0.1) is 18.6 Å². The highest BCUT2D eigenvalue weighted by Crippen LogP contribution is 2.29. The van der Waals surface area contributed by atoms with E-state index in [1.54, 1.807) is 0 Å². The zero-order chi connectivity index (χ0) is 10.6. The molecule has 0 radical (unpaired) electrons. The lowest BCUT2D eigenvalue weighted by Crippen LogP contribution is -2.49.